The molecule has 4 aliphatic rings. The summed E-state index contributed by atoms with van der Waals surface area (Å²) in [6.07, 6.45) is 8.91. The van der Waals surface area contributed by atoms with E-state index in [1.165, 1.54) is 25.7 Å². The van der Waals surface area contributed by atoms with Crippen LogP contribution in [0, 0.1) is 46.3 Å². The molecule has 0 aromatic carbocycles. The Hall–Kier alpha value is 0.390. The maximum Gasteiger partial charge on any atom is 1.00 e. The van der Waals surface area contributed by atoms with Gasteiger partial charge in [-0.25, -0.2) is 0 Å². The number of rotatable bonds is 4. The van der Waals surface area contributed by atoms with Crippen molar-refractivity contribution < 1.29 is 49.7 Å². The molecule has 4 saturated carbocycles. The molecule has 0 amide bonds. The average molecular weight is 415 g/mol. The summed E-state index contributed by atoms with van der Waals surface area (Å²) in [4.78, 5) is 10.9. The molecule has 0 heterocycles. The van der Waals surface area contributed by atoms with Gasteiger partial charge >= 0.3 is 29.6 Å². The molecule has 10 atom stereocenters. The molecule has 4 fully saturated rings. The van der Waals surface area contributed by atoms with Gasteiger partial charge in [0.05, 0.1) is 12.2 Å². The van der Waals surface area contributed by atoms with Crippen molar-refractivity contribution in [2.75, 3.05) is 0 Å². The molecule has 0 bridgehead atoms. The van der Waals surface area contributed by atoms with Gasteiger partial charge in [-0.15, -0.1) is 0 Å². The van der Waals surface area contributed by atoms with Gasteiger partial charge in [-0.3, -0.25) is 0 Å². The predicted octanol–water partition coefficient (Wildman–Crippen LogP) is 0.147. The van der Waals surface area contributed by atoms with Crippen LogP contribution in [0.25, 0.3) is 0 Å². The molecule has 0 aromatic rings. The molecule has 0 spiro atoms. The zero-order valence-corrected chi connectivity index (χ0v) is 20.9. The van der Waals surface area contributed by atoms with Crippen LogP contribution in [0.1, 0.15) is 85.0 Å². The van der Waals surface area contributed by atoms with Crippen molar-refractivity contribution in [3.63, 3.8) is 0 Å². The number of carboxylic acid groups (broad SMARTS) is 1. The second kappa shape index (κ2) is 8.73. The summed E-state index contributed by atoms with van der Waals surface area (Å²) in [5, 5.41) is 32.4. The van der Waals surface area contributed by atoms with Gasteiger partial charge in [0.2, 0.25) is 0 Å². The van der Waals surface area contributed by atoms with Crippen LogP contribution in [0.2, 0.25) is 0 Å². The molecule has 2 N–H and O–H groups in total. The third-order valence-electron chi connectivity index (χ3n) is 10.2. The molecule has 3 unspecified atom stereocenters. The van der Waals surface area contributed by atoms with E-state index in [1.807, 2.05) is 0 Å². The molecule has 4 rings (SSSR count). The molecule has 0 aromatic heterocycles. The Bertz CT molecular complexity index is 612. The van der Waals surface area contributed by atoms with E-state index >= 15 is 0 Å². The number of carbonyl (C=O) groups excluding carboxylic acids is 1. The Morgan fingerprint density at radius 2 is 1.69 bits per heavy atom. The topological polar surface area (TPSA) is 80.6 Å². The fraction of sp³-hybridized carbons (Fsp3) is 0.958. The minimum Gasteiger partial charge on any atom is -0.550 e. The largest absolute Gasteiger partial charge is 1.00 e. The van der Waals surface area contributed by atoms with Crippen LogP contribution in [0.5, 0.6) is 0 Å². The van der Waals surface area contributed by atoms with Crippen LogP contribution >= 0.6 is 0 Å². The van der Waals surface area contributed by atoms with Crippen LogP contribution in [0.15, 0.2) is 0 Å². The van der Waals surface area contributed by atoms with Crippen molar-refractivity contribution in [2.24, 2.45) is 46.3 Å². The SMILES string of the molecule is CC(CCC(=O)[O-])[C@H]1CCC2C3[C@H](O)C[C@@H]4C[C@H](O)CC[C@]4(C)[C@H]3CC[C@@]21C.[Na+]. The van der Waals surface area contributed by atoms with Gasteiger partial charge < -0.3 is 20.1 Å². The standard InChI is InChI=1S/C24H40O4.Na/c1-14(4-7-21(27)28)17-5-6-18-22-19(9-11-24(17,18)3)23(2)10-8-16(25)12-15(23)13-20(22)26;/h14-20,22,25-26H,4-13H2,1-3H3,(H,27,28);/q;+1/p-1/t14?,15-,16+,17+,18?,19-,20+,22?,23-,24+;/m0./s1. The third-order valence-corrected chi connectivity index (χ3v) is 10.2. The van der Waals surface area contributed by atoms with Gasteiger partial charge in [-0.2, -0.15) is 0 Å². The van der Waals surface area contributed by atoms with E-state index in [1.54, 1.807) is 0 Å². The first-order valence-corrected chi connectivity index (χ1v) is 11.7. The molecule has 29 heavy (non-hydrogen) atoms. The van der Waals surface area contributed by atoms with Crippen LogP contribution in [0.4, 0.5) is 0 Å². The molecule has 5 heteroatoms. The normalized spacial score (nSPS) is 49.9. The summed E-state index contributed by atoms with van der Waals surface area (Å²) in [6.45, 7) is 7.11. The van der Waals surface area contributed by atoms with Crippen molar-refractivity contribution in [1.29, 1.82) is 0 Å². The second-order valence-corrected chi connectivity index (χ2v) is 11.3. The Balaban J connectivity index is 0.00000240. The fourth-order valence-corrected chi connectivity index (χ4v) is 8.72. The van der Waals surface area contributed by atoms with Crippen LogP contribution in [-0.4, -0.2) is 28.4 Å². The number of hydrogen-bond acceptors (Lipinski definition) is 4. The van der Waals surface area contributed by atoms with Gasteiger partial charge in [-0.1, -0.05) is 20.8 Å². The van der Waals surface area contributed by atoms with E-state index in [0.717, 1.165) is 25.7 Å². The number of aliphatic hydroxyl groups excluding tert-OH is 2. The van der Waals surface area contributed by atoms with Crippen LogP contribution in [0.3, 0.4) is 0 Å². The van der Waals surface area contributed by atoms with Gasteiger partial charge in [0.15, 0.2) is 0 Å². The van der Waals surface area contributed by atoms with Crippen molar-refractivity contribution in [2.45, 2.75) is 97.2 Å². The minimum absolute atomic E-state index is 0. The number of carbonyl (C=O) groups is 1. The van der Waals surface area contributed by atoms with Crippen molar-refractivity contribution in [3.05, 3.63) is 0 Å². The van der Waals surface area contributed by atoms with Crippen molar-refractivity contribution in [1.82, 2.24) is 0 Å². The van der Waals surface area contributed by atoms with Gasteiger partial charge in [-0.05, 0) is 111 Å². The third kappa shape index (κ3) is 3.99. The Labute approximate surface area is 198 Å². The predicted molar refractivity (Wildman–Crippen MR) is 106 cm³/mol. The van der Waals surface area contributed by atoms with E-state index in [9.17, 15) is 20.1 Å². The number of fused-ring (bicyclic) bond motifs is 5. The fourth-order valence-electron chi connectivity index (χ4n) is 8.72. The second-order valence-electron chi connectivity index (χ2n) is 11.3. The summed E-state index contributed by atoms with van der Waals surface area (Å²) < 4.78 is 0. The number of aliphatic hydroxyl groups is 2. The first kappa shape index (κ1) is 24.0. The quantitative estimate of drug-likeness (QED) is 0.642. The monoisotopic (exact) mass is 414 g/mol. The molecule has 0 radical (unpaired) electrons. The summed E-state index contributed by atoms with van der Waals surface area (Å²) in [6, 6.07) is 0. The molecular weight excluding hydrogens is 375 g/mol. The smallest absolute Gasteiger partial charge is 0.550 e. The van der Waals surface area contributed by atoms with E-state index in [-0.39, 0.29) is 59.0 Å². The maximum absolute atomic E-state index is 11.2. The van der Waals surface area contributed by atoms with Crippen LogP contribution in [-0.2, 0) is 4.79 Å². The first-order valence-electron chi connectivity index (χ1n) is 11.7. The zero-order chi connectivity index (χ0) is 20.3. The van der Waals surface area contributed by atoms with Crippen molar-refractivity contribution in [3.8, 4) is 0 Å². The van der Waals surface area contributed by atoms with Gasteiger partial charge in [0.25, 0.3) is 0 Å². The summed E-state index contributed by atoms with van der Waals surface area (Å²) in [5.41, 5.74) is 0.494. The number of hydrogen-bond donors (Lipinski definition) is 2. The molecule has 4 nitrogen and oxygen atoms in total. The molecule has 160 valence electrons. The zero-order valence-electron chi connectivity index (χ0n) is 18.9. The maximum atomic E-state index is 11.2. The molecule has 0 aliphatic heterocycles. The minimum atomic E-state index is -0.934. The molecule has 4 aliphatic carbocycles. The Kier molecular flexibility index (Phi) is 7.24. The summed E-state index contributed by atoms with van der Waals surface area (Å²) in [7, 11) is 0. The molecular formula is C24H39NaO4. The number of aliphatic carboxylic acids is 1. The van der Waals surface area contributed by atoms with Crippen LogP contribution < -0.4 is 34.7 Å². The Morgan fingerprint density at radius 3 is 2.38 bits per heavy atom. The van der Waals surface area contributed by atoms with Gasteiger partial charge in [0.1, 0.15) is 0 Å². The Morgan fingerprint density at radius 1 is 1.03 bits per heavy atom. The van der Waals surface area contributed by atoms with E-state index in [2.05, 4.69) is 20.8 Å². The summed E-state index contributed by atoms with van der Waals surface area (Å²) >= 11 is 0. The van der Waals surface area contributed by atoms with Gasteiger partial charge in [0, 0.05) is 5.97 Å². The van der Waals surface area contributed by atoms with E-state index < -0.39 is 5.97 Å². The molecule has 0 saturated heterocycles. The van der Waals surface area contributed by atoms with E-state index in [0.29, 0.717) is 41.9 Å². The number of carboxylic acids is 1. The van der Waals surface area contributed by atoms with E-state index in [4.69, 9.17) is 0 Å². The first-order chi connectivity index (χ1) is 13.2. The average Bonchev–Trinajstić information content (AvgIpc) is 2.98. The summed E-state index contributed by atoms with van der Waals surface area (Å²) in [5.74, 6) is 1.99. The van der Waals surface area contributed by atoms with Crippen molar-refractivity contribution >= 4 is 5.97 Å².